The Balaban J connectivity index is 1.64. The zero-order valence-corrected chi connectivity index (χ0v) is 57.4. The van der Waals surface area contributed by atoms with Crippen molar-refractivity contribution < 1.29 is 64.6 Å². The fourth-order valence-corrected chi connectivity index (χ4v) is 12.3. The molecule has 2 aliphatic heterocycles. The van der Waals surface area contributed by atoms with Crippen LogP contribution >= 0.6 is 0 Å². The first-order valence-electron chi connectivity index (χ1n) is 37.5. The number of carbonyl (C=O) groups is 1. The number of hydrogen-bond donors (Lipinski definition) is 9. The van der Waals surface area contributed by atoms with Gasteiger partial charge in [0.05, 0.1) is 32.0 Å². The number of rotatable bonds is 62. The summed E-state index contributed by atoms with van der Waals surface area (Å²) in [6.45, 7) is 2.79. The van der Waals surface area contributed by atoms with E-state index < -0.39 is 86.8 Å². The predicted molar refractivity (Wildman–Crippen MR) is 369 cm³/mol. The highest BCUT2D eigenvalue weighted by atomic mass is 16.7. The van der Waals surface area contributed by atoms with Gasteiger partial charge in [0, 0.05) is 6.42 Å². The number of nitrogens with one attached hydrogen (secondary N) is 1. The fourth-order valence-electron chi connectivity index (χ4n) is 12.3. The van der Waals surface area contributed by atoms with Gasteiger partial charge in [-0.3, -0.25) is 4.79 Å². The van der Waals surface area contributed by atoms with Crippen molar-refractivity contribution in [3.05, 3.63) is 60.8 Å². The molecule has 2 heterocycles. The molecule has 12 unspecified atom stereocenters. The van der Waals surface area contributed by atoms with Gasteiger partial charge in [-0.2, -0.15) is 0 Å². The van der Waals surface area contributed by atoms with E-state index in [4.69, 9.17) is 18.9 Å². The molecule has 526 valence electrons. The van der Waals surface area contributed by atoms with E-state index in [0.717, 1.165) is 83.5 Å². The first kappa shape index (κ1) is 83.8. The maximum atomic E-state index is 13.4. The maximum absolute atomic E-state index is 13.4. The summed E-state index contributed by atoms with van der Waals surface area (Å²) >= 11 is 0. The predicted octanol–water partition coefficient (Wildman–Crippen LogP) is 16.0. The van der Waals surface area contributed by atoms with Crippen molar-refractivity contribution >= 4 is 5.91 Å². The van der Waals surface area contributed by atoms with Crippen LogP contribution in [0.2, 0.25) is 0 Å². The second-order valence-corrected chi connectivity index (χ2v) is 26.4. The second-order valence-electron chi connectivity index (χ2n) is 26.4. The lowest BCUT2D eigenvalue weighted by Gasteiger charge is -2.46. The van der Waals surface area contributed by atoms with Crippen LogP contribution in [-0.4, -0.2) is 140 Å². The smallest absolute Gasteiger partial charge is 0.220 e. The molecule has 0 bridgehead atoms. The summed E-state index contributed by atoms with van der Waals surface area (Å²) in [6, 6.07) is -0.837. The molecule has 0 aromatic rings. The van der Waals surface area contributed by atoms with E-state index in [1.807, 2.05) is 0 Å². The highest BCUT2D eigenvalue weighted by Gasteiger charge is 2.51. The third kappa shape index (κ3) is 43.6. The van der Waals surface area contributed by atoms with Gasteiger partial charge in [-0.25, -0.2) is 0 Å². The largest absolute Gasteiger partial charge is 0.394 e. The van der Waals surface area contributed by atoms with E-state index in [9.17, 15) is 45.6 Å². The zero-order chi connectivity index (χ0) is 65.2. The number of unbranched alkanes of at least 4 members (excludes halogenated alkanes) is 39. The van der Waals surface area contributed by atoms with Crippen molar-refractivity contribution in [2.45, 2.75) is 396 Å². The molecule has 2 rings (SSSR count). The van der Waals surface area contributed by atoms with Crippen LogP contribution in [0, 0.1) is 0 Å². The molecule has 14 heteroatoms. The molecule has 1 amide bonds. The molecular formula is C76H139NO13. The average molecular weight is 1270 g/mol. The summed E-state index contributed by atoms with van der Waals surface area (Å²) in [5.74, 6) is -0.211. The molecule has 14 nitrogen and oxygen atoms in total. The van der Waals surface area contributed by atoms with Crippen LogP contribution in [0.5, 0.6) is 0 Å². The van der Waals surface area contributed by atoms with Crippen LogP contribution in [0.25, 0.3) is 0 Å². The van der Waals surface area contributed by atoms with Crippen molar-refractivity contribution in [1.29, 1.82) is 0 Å². The molecule has 0 spiro atoms. The van der Waals surface area contributed by atoms with Crippen LogP contribution in [0.4, 0.5) is 0 Å². The number of aliphatic hydroxyl groups is 8. The van der Waals surface area contributed by atoms with E-state index in [-0.39, 0.29) is 12.5 Å². The summed E-state index contributed by atoms with van der Waals surface area (Å²) in [6.07, 6.45) is 63.9. The molecule has 2 saturated heterocycles. The van der Waals surface area contributed by atoms with Gasteiger partial charge in [-0.1, -0.05) is 319 Å². The Labute approximate surface area is 549 Å². The van der Waals surface area contributed by atoms with Gasteiger partial charge in [0.25, 0.3) is 0 Å². The van der Waals surface area contributed by atoms with E-state index in [2.05, 4.69) is 79.9 Å². The van der Waals surface area contributed by atoms with Crippen LogP contribution < -0.4 is 5.32 Å². The van der Waals surface area contributed by atoms with E-state index in [1.54, 1.807) is 0 Å². The summed E-state index contributed by atoms with van der Waals surface area (Å²) in [5, 5.41) is 87.7. The molecule has 2 fully saturated rings. The minimum Gasteiger partial charge on any atom is -0.394 e. The second kappa shape index (κ2) is 60.4. The lowest BCUT2D eigenvalue weighted by atomic mass is 9.97. The van der Waals surface area contributed by atoms with Crippen molar-refractivity contribution in [2.24, 2.45) is 0 Å². The van der Waals surface area contributed by atoms with Gasteiger partial charge in [0.1, 0.15) is 48.8 Å². The molecule has 0 radical (unpaired) electrons. The summed E-state index contributed by atoms with van der Waals surface area (Å²) in [7, 11) is 0. The summed E-state index contributed by atoms with van der Waals surface area (Å²) < 4.78 is 22.9. The monoisotopic (exact) mass is 1270 g/mol. The van der Waals surface area contributed by atoms with Crippen LogP contribution in [0.1, 0.15) is 322 Å². The van der Waals surface area contributed by atoms with E-state index >= 15 is 0 Å². The Morgan fingerprint density at radius 2 is 0.767 bits per heavy atom. The normalized spacial score (nSPS) is 23.2. The average Bonchev–Trinajstić information content (AvgIpc) is 1.41. The maximum Gasteiger partial charge on any atom is 0.220 e. The molecule has 0 aromatic heterocycles. The highest BCUT2D eigenvalue weighted by Crippen LogP contribution is 2.30. The van der Waals surface area contributed by atoms with Crippen molar-refractivity contribution in [3.8, 4) is 0 Å². The quantitative estimate of drug-likeness (QED) is 0.0204. The molecule has 2 aliphatic rings. The number of aliphatic hydroxyl groups excluding tert-OH is 8. The number of hydrogen-bond acceptors (Lipinski definition) is 13. The first-order chi connectivity index (χ1) is 44.1. The van der Waals surface area contributed by atoms with Gasteiger partial charge in [0.2, 0.25) is 5.91 Å². The molecule has 12 atom stereocenters. The van der Waals surface area contributed by atoms with E-state index in [0.29, 0.717) is 19.3 Å². The zero-order valence-electron chi connectivity index (χ0n) is 57.4. The molecule has 90 heavy (non-hydrogen) atoms. The first-order valence-corrected chi connectivity index (χ1v) is 37.5. The Hall–Kier alpha value is -2.31. The Morgan fingerprint density at radius 1 is 0.411 bits per heavy atom. The standard InChI is InChI=1S/C76H139NO13/c1-3-5-7-9-11-13-15-17-19-21-23-25-27-29-30-31-32-33-34-36-37-39-41-43-45-47-49-51-53-55-57-59-65(80)64(63-87-75-73(86)71(84)74(67(62-79)89-75)90-76-72(85)70(83)69(82)66(61-78)88-76)77-68(81)60-58-56-54-52-50-48-46-44-42-40-38-35-28-26-24-22-20-18-16-14-12-10-8-6-4-2/h6,8,12,14,18,20,24,26,35,38,64-67,69-76,78-80,82-86H,3-5,7,9-11,13,15-17,19,21-23,25,27-34,36-37,39-63H2,1-2H3,(H,77,81)/b8-6-,14-12-,20-18-,26-24-,38-35-. The minimum atomic E-state index is -1.79. The number of carbonyl (C=O) groups excluding carboxylic acids is 1. The SMILES string of the molecule is CC/C=C\C/C=C\C/C=C\C/C=C\C/C=C\CCCCCCCCCCCC(=O)NC(COC1OC(CO)C(OC2OC(CO)C(O)C(O)C2O)C(O)C1O)C(O)CCCCCCCCCCCCCCCCCCCCCCCCCCCCCCCCC. The molecule has 9 N–H and O–H groups in total. The van der Waals surface area contributed by atoms with Gasteiger partial charge in [-0.15, -0.1) is 0 Å². The van der Waals surface area contributed by atoms with Gasteiger partial charge in [-0.05, 0) is 57.8 Å². The third-order valence-corrected chi connectivity index (χ3v) is 18.2. The van der Waals surface area contributed by atoms with E-state index in [1.165, 1.54) is 205 Å². The van der Waals surface area contributed by atoms with Crippen molar-refractivity contribution in [2.75, 3.05) is 19.8 Å². The topological polar surface area (TPSA) is 228 Å². The lowest BCUT2D eigenvalue weighted by molar-refractivity contribution is -0.359. The third-order valence-electron chi connectivity index (χ3n) is 18.2. The molecule has 0 saturated carbocycles. The molecule has 0 aliphatic carbocycles. The number of amides is 1. The van der Waals surface area contributed by atoms with Gasteiger partial charge >= 0.3 is 0 Å². The summed E-state index contributed by atoms with van der Waals surface area (Å²) in [5.41, 5.74) is 0. The van der Waals surface area contributed by atoms with Crippen molar-refractivity contribution in [1.82, 2.24) is 5.32 Å². The Bertz CT molecular complexity index is 1740. The van der Waals surface area contributed by atoms with Gasteiger partial charge < -0.3 is 65.1 Å². The minimum absolute atomic E-state index is 0.211. The van der Waals surface area contributed by atoms with Crippen molar-refractivity contribution in [3.63, 3.8) is 0 Å². The Morgan fingerprint density at radius 3 is 1.18 bits per heavy atom. The molecular weight excluding hydrogens is 1130 g/mol. The fraction of sp³-hybridized carbons (Fsp3) is 0.855. The number of allylic oxidation sites excluding steroid dienone is 10. The van der Waals surface area contributed by atoms with Crippen LogP contribution in [0.15, 0.2) is 60.8 Å². The number of ether oxygens (including phenoxy) is 4. The van der Waals surface area contributed by atoms with Gasteiger partial charge in [0.15, 0.2) is 12.6 Å². The lowest BCUT2D eigenvalue weighted by Crippen LogP contribution is -2.65. The molecule has 0 aromatic carbocycles. The summed E-state index contributed by atoms with van der Waals surface area (Å²) in [4.78, 5) is 13.4. The highest BCUT2D eigenvalue weighted by molar-refractivity contribution is 5.76. The van der Waals surface area contributed by atoms with Crippen LogP contribution in [-0.2, 0) is 23.7 Å². The Kier molecular flexibility index (Phi) is 56.2. The van der Waals surface area contributed by atoms with Crippen LogP contribution in [0.3, 0.4) is 0 Å².